The molecule has 0 bridgehead atoms. The Morgan fingerprint density at radius 1 is 1.25 bits per heavy atom. The SMILES string of the molecule is C=C(F)C(=O)N1CC2COc3c(OC[C@@H]4CCCN4C)nc4c(c3N2C[C@@H]1CC#N)CCN(c1cccc2c1SCCC2)C4. The molecule has 1 aromatic heterocycles. The van der Waals surface area contributed by atoms with Crippen molar-refractivity contribution in [2.75, 3.05) is 62.0 Å². The van der Waals surface area contributed by atoms with Crippen molar-refractivity contribution in [1.82, 2.24) is 14.8 Å². The maximum atomic E-state index is 14.0. The fourth-order valence-electron chi connectivity index (χ4n) is 7.47. The fourth-order valence-corrected chi connectivity index (χ4v) is 8.66. The Labute approximate surface area is 262 Å². The zero-order valence-electron chi connectivity index (χ0n) is 25.3. The molecule has 0 saturated carbocycles. The van der Waals surface area contributed by atoms with Crippen LogP contribution in [0.2, 0.25) is 0 Å². The van der Waals surface area contributed by atoms with Crippen LogP contribution in [0.3, 0.4) is 0 Å². The first-order valence-corrected chi connectivity index (χ1v) is 16.7. The molecule has 6 heterocycles. The minimum atomic E-state index is -1.01. The van der Waals surface area contributed by atoms with Gasteiger partial charge in [-0.1, -0.05) is 18.7 Å². The number of amides is 1. The van der Waals surface area contributed by atoms with Gasteiger partial charge in [0.2, 0.25) is 5.75 Å². The second kappa shape index (κ2) is 12.1. The summed E-state index contributed by atoms with van der Waals surface area (Å²) < 4.78 is 26.9. The van der Waals surface area contributed by atoms with E-state index in [-0.39, 0.29) is 19.0 Å². The lowest BCUT2D eigenvalue weighted by atomic mass is 9.95. The van der Waals surface area contributed by atoms with Crippen LogP contribution in [-0.2, 0) is 24.2 Å². The average Bonchev–Trinajstić information content (AvgIpc) is 3.46. The van der Waals surface area contributed by atoms with E-state index in [1.165, 1.54) is 27.5 Å². The standard InChI is InChI=1S/C33H39FN6O3S/c1-21(34)33(41)40-17-25-20-42-30-29(39(25)16-23(40)10-12-35)26-11-14-38(28-9-3-6-22-7-5-15-44-31(22)28)18-27(26)36-32(30)43-19-24-8-4-13-37(24)2/h3,6,9,23-25H,1,4-5,7-8,10-11,13-20H2,2H3/t23-,24-,25?/m0/s1. The third-order valence-electron chi connectivity index (χ3n) is 9.81. The van der Waals surface area contributed by atoms with Gasteiger partial charge in [-0.15, -0.1) is 11.8 Å². The summed E-state index contributed by atoms with van der Waals surface area (Å²) in [6.07, 6.45) is 5.45. The van der Waals surface area contributed by atoms with Crippen LogP contribution in [0, 0.1) is 11.3 Å². The topological polar surface area (TPSA) is 85.2 Å². The number of hydrogen-bond donors (Lipinski definition) is 0. The third kappa shape index (κ3) is 5.26. The van der Waals surface area contributed by atoms with Gasteiger partial charge in [0.05, 0.1) is 48.2 Å². The molecule has 0 radical (unpaired) electrons. The van der Waals surface area contributed by atoms with Gasteiger partial charge in [0.15, 0.2) is 5.83 Å². The number of likely N-dealkylation sites (N-methyl/N-ethyl adjacent to an activating group) is 1. The van der Waals surface area contributed by atoms with Crippen LogP contribution in [-0.4, -0.2) is 91.0 Å². The van der Waals surface area contributed by atoms with E-state index in [0.717, 1.165) is 61.5 Å². The molecule has 1 unspecified atom stereocenters. The van der Waals surface area contributed by atoms with Gasteiger partial charge in [0.1, 0.15) is 13.2 Å². The number of fused-ring (bicyclic) bond motifs is 6. The molecule has 9 nitrogen and oxygen atoms in total. The molecule has 1 aromatic carbocycles. The Balaban J connectivity index is 1.26. The van der Waals surface area contributed by atoms with Crippen LogP contribution < -0.4 is 19.3 Å². The number of nitriles is 1. The fraction of sp³-hybridized carbons (Fsp3) is 0.545. The molecule has 0 spiro atoms. The van der Waals surface area contributed by atoms with Crippen LogP contribution in [0.4, 0.5) is 15.8 Å². The normalized spacial score (nSPS) is 24.4. The molecule has 7 rings (SSSR count). The molecule has 5 aliphatic rings. The highest BCUT2D eigenvalue weighted by atomic mass is 32.2. The Bertz CT molecular complexity index is 1510. The molecule has 11 heteroatoms. The van der Waals surface area contributed by atoms with Crippen molar-refractivity contribution in [3.63, 3.8) is 0 Å². The summed E-state index contributed by atoms with van der Waals surface area (Å²) in [7, 11) is 2.14. The zero-order valence-corrected chi connectivity index (χ0v) is 26.1. The average molecular weight is 619 g/mol. The van der Waals surface area contributed by atoms with Crippen LogP contribution in [0.15, 0.2) is 35.5 Å². The molecule has 5 aliphatic heterocycles. The molecule has 44 heavy (non-hydrogen) atoms. The van der Waals surface area contributed by atoms with Crippen molar-refractivity contribution in [2.45, 2.75) is 68.1 Å². The van der Waals surface area contributed by atoms with E-state index in [4.69, 9.17) is 14.5 Å². The number of nitrogens with zero attached hydrogens (tertiary/aromatic N) is 6. The number of carbonyl (C=O) groups excluding carboxylic acids is 1. The molecule has 0 aliphatic carbocycles. The molecular weight excluding hydrogens is 579 g/mol. The first-order chi connectivity index (χ1) is 21.4. The lowest BCUT2D eigenvalue weighted by molar-refractivity contribution is -0.132. The van der Waals surface area contributed by atoms with Crippen LogP contribution in [0.1, 0.15) is 42.5 Å². The third-order valence-corrected chi connectivity index (χ3v) is 11.1. The smallest absolute Gasteiger partial charge is 0.282 e. The summed E-state index contributed by atoms with van der Waals surface area (Å²) in [5.74, 6) is 0.537. The van der Waals surface area contributed by atoms with Gasteiger partial charge in [-0.2, -0.15) is 5.26 Å². The van der Waals surface area contributed by atoms with E-state index in [2.05, 4.69) is 52.6 Å². The van der Waals surface area contributed by atoms with Gasteiger partial charge in [0, 0.05) is 36.1 Å². The molecular formula is C33H39FN6O3S. The van der Waals surface area contributed by atoms with Crippen LogP contribution in [0.5, 0.6) is 11.6 Å². The highest BCUT2D eigenvalue weighted by Gasteiger charge is 2.44. The van der Waals surface area contributed by atoms with Gasteiger partial charge < -0.3 is 29.1 Å². The van der Waals surface area contributed by atoms with Crippen molar-refractivity contribution < 1.29 is 18.7 Å². The predicted octanol–water partition coefficient (Wildman–Crippen LogP) is 4.33. The molecule has 2 fully saturated rings. The first kappa shape index (κ1) is 29.2. The number of ether oxygens (including phenoxy) is 2. The van der Waals surface area contributed by atoms with Gasteiger partial charge in [-0.3, -0.25) is 4.79 Å². The molecule has 2 saturated heterocycles. The Morgan fingerprint density at radius 3 is 2.93 bits per heavy atom. The minimum Gasteiger partial charge on any atom is -0.484 e. The number of hydrogen-bond acceptors (Lipinski definition) is 9. The quantitative estimate of drug-likeness (QED) is 0.440. The second-order valence-corrected chi connectivity index (χ2v) is 13.6. The summed E-state index contributed by atoms with van der Waals surface area (Å²) in [5, 5.41) is 9.61. The lowest BCUT2D eigenvalue weighted by Gasteiger charge is -2.50. The number of thioether (sulfide) groups is 1. The van der Waals surface area contributed by atoms with Crippen molar-refractivity contribution in [2.24, 2.45) is 0 Å². The van der Waals surface area contributed by atoms with E-state index >= 15 is 0 Å². The number of aryl methyl sites for hydroxylation is 1. The Hall–Kier alpha value is -3.49. The maximum absolute atomic E-state index is 14.0. The number of rotatable bonds is 6. The number of aromatic nitrogens is 1. The van der Waals surface area contributed by atoms with Crippen molar-refractivity contribution in [3.8, 4) is 17.7 Å². The monoisotopic (exact) mass is 618 g/mol. The first-order valence-electron chi connectivity index (χ1n) is 15.7. The molecule has 232 valence electrons. The molecule has 0 N–H and O–H groups in total. The Morgan fingerprint density at radius 2 is 2.14 bits per heavy atom. The second-order valence-electron chi connectivity index (χ2n) is 12.5. The zero-order chi connectivity index (χ0) is 30.4. The predicted molar refractivity (Wildman–Crippen MR) is 168 cm³/mol. The largest absolute Gasteiger partial charge is 0.484 e. The number of piperazine rings is 1. The number of anilines is 2. The number of benzene rings is 1. The Kier molecular flexibility index (Phi) is 8.06. The molecule has 1 amide bonds. The number of pyridine rings is 1. The maximum Gasteiger partial charge on any atom is 0.282 e. The summed E-state index contributed by atoms with van der Waals surface area (Å²) in [5.41, 5.74) is 5.76. The van der Waals surface area contributed by atoms with E-state index in [0.29, 0.717) is 44.0 Å². The minimum absolute atomic E-state index is 0.105. The molecule has 2 aromatic rings. The highest BCUT2D eigenvalue weighted by Crippen LogP contribution is 2.48. The van der Waals surface area contributed by atoms with E-state index < -0.39 is 17.8 Å². The van der Waals surface area contributed by atoms with Gasteiger partial charge in [-0.05, 0) is 63.1 Å². The number of likely N-dealkylation sites (tertiary alicyclic amines) is 1. The lowest BCUT2D eigenvalue weighted by Crippen LogP contribution is -2.63. The van der Waals surface area contributed by atoms with Gasteiger partial charge >= 0.3 is 0 Å². The highest BCUT2D eigenvalue weighted by molar-refractivity contribution is 7.99. The van der Waals surface area contributed by atoms with Crippen molar-refractivity contribution in [3.05, 3.63) is 47.4 Å². The number of halogens is 1. The summed E-state index contributed by atoms with van der Waals surface area (Å²) in [6.45, 7) is 7.30. The number of carbonyl (C=O) groups is 1. The van der Waals surface area contributed by atoms with Gasteiger partial charge in [0.25, 0.3) is 11.8 Å². The summed E-state index contributed by atoms with van der Waals surface area (Å²) in [6, 6.07) is 8.54. The molecule has 3 atom stereocenters. The van der Waals surface area contributed by atoms with Gasteiger partial charge in [-0.25, -0.2) is 9.37 Å². The summed E-state index contributed by atoms with van der Waals surface area (Å²) in [4.78, 5) is 27.8. The van der Waals surface area contributed by atoms with E-state index in [9.17, 15) is 14.4 Å². The van der Waals surface area contributed by atoms with E-state index in [1.54, 1.807) is 0 Å². The van der Waals surface area contributed by atoms with Crippen molar-refractivity contribution >= 4 is 29.0 Å². The van der Waals surface area contributed by atoms with Crippen LogP contribution in [0.25, 0.3) is 0 Å². The van der Waals surface area contributed by atoms with Crippen LogP contribution >= 0.6 is 11.8 Å². The van der Waals surface area contributed by atoms with E-state index in [1.807, 2.05) is 11.8 Å². The summed E-state index contributed by atoms with van der Waals surface area (Å²) >= 11 is 1.95. The van der Waals surface area contributed by atoms with Crippen molar-refractivity contribution in [1.29, 1.82) is 5.26 Å².